The van der Waals surface area contributed by atoms with Crippen molar-refractivity contribution in [3.63, 3.8) is 0 Å². The van der Waals surface area contributed by atoms with E-state index in [9.17, 15) is 5.21 Å². The molecule has 3 rings (SSSR count). The predicted octanol–water partition coefficient (Wildman–Crippen LogP) is 5.24. The standard InChI is InChI=1S/C23H27N3OS/c1-17(25-27)18(2)26(14-6-9-19-7-4-3-5-8-19)28-23-13-11-20-15-22(24)12-10-21(20)16-23/h3-5,7-8,10-13,15-16,18,25,27H,1,6,9,14,24H2,2H3. The molecule has 0 aliphatic rings. The zero-order chi connectivity index (χ0) is 19.9. The highest BCUT2D eigenvalue weighted by molar-refractivity contribution is 7.97. The van der Waals surface area contributed by atoms with Gasteiger partial charge in [-0.25, -0.2) is 4.31 Å². The molecular formula is C23H27N3OS. The van der Waals surface area contributed by atoms with Crippen LogP contribution in [0.2, 0.25) is 0 Å². The fraction of sp³-hybridized carbons (Fsp3) is 0.217. The van der Waals surface area contributed by atoms with Gasteiger partial charge in [0.2, 0.25) is 0 Å². The Morgan fingerprint density at radius 1 is 1.11 bits per heavy atom. The molecule has 0 saturated heterocycles. The van der Waals surface area contributed by atoms with Gasteiger partial charge in [0.25, 0.3) is 0 Å². The SMILES string of the molecule is C=C(NO)C(C)N(CCCc1ccccc1)Sc1ccc2cc(N)ccc2c1. The second-order valence-corrected chi connectivity index (χ2v) is 8.03. The van der Waals surface area contributed by atoms with E-state index in [0.717, 1.165) is 40.7 Å². The van der Waals surface area contributed by atoms with E-state index in [4.69, 9.17) is 5.73 Å². The van der Waals surface area contributed by atoms with Gasteiger partial charge in [0.15, 0.2) is 0 Å². The van der Waals surface area contributed by atoms with Crippen LogP contribution in [0.4, 0.5) is 5.69 Å². The van der Waals surface area contributed by atoms with Crippen molar-refractivity contribution in [2.45, 2.75) is 30.7 Å². The summed E-state index contributed by atoms with van der Waals surface area (Å²) in [5.41, 5.74) is 10.8. The summed E-state index contributed by atoms with van der Waals surface area (Å²) in [4.78, 5) is 1.15. The number of hydrogen-bond acceptors (Lipinski definition) is 5. The van der Waals surface area contributed by atoms with Gasteiger partial charge in [0, 0.05) is 22.8 Å². The summed E-state index contributed by atoms with van der Waals surface area (Å²) in [6.45, 7) is 6.85. The molecule has 3 aromatic rings. The van der Waals surface area contributed by atoms with Crippen molar-refractivity contribution < 1.29 is 5.21 Å². The van der Waals surface area contributed by atoms with E-state index in [1.807, 2.05) is 31.2 Å². The van der Waals surface area contributed by atoms with Crippen molar-refractivity contribution >= 4 is 28.4 Å². The molecule has 1 unspecified atom stereocenters. The van der Waals surface area contributed by atoms with Crippen molar-refractivity contribution in [3.8, 4) is 0 Å². The van der Waals surface area contributed by atoms with E-state index in [2.05, 4.69) is 58.8 Å². The Kier molecular flexibility index (Phi) is 6.98. The number of hydrogen-bond donors (Lipinski definition) is 3. The normalized spacial score (nSPS) is 12.2. The number of hydroxylamine groups is 1. The third-order valence-corrected chi connectivity index (χ3v) is 6.02. The molecule has 0 spiro atoms. The second kappa shape index (κ2) is 9.64. The maximum absolute atomic E-state index is 9.29. The number of anilines is 1. The summed E-state index contributed by atoms with van der Waals surface area (Å²) < 4.78 is 2.26. The van der Waals surface area contributed by atoms with E-state index in [0.29, 0.717) is 5.70 Å². The minimum Gasteiger partial charge on any atom is -0.399 e. The molecular weight excluding hydrogens is 366 g/mol. The van der Waals surface area contributed by atoms with Crippen LogP contribution >= 0.6 is 11.9 Å². The predicted molar refractivity (Wildman–Crippen MR) is 119 cm³/mol. The number of nitrogens with zero attached hydrogens (tertiary/aromatic N) is 1. The van der Waals surface area contributed by atoms with Gasteiger partial charge < -0.3 is 5.73 Å². The average molecular weight is 394 g/mol. The minimum absolute atomic E-state index is 0.0205. The lowest BCUT2D eigenvalue weighted by atomic mass is 10.1. The van der Waals surface area contributed by atoms with Crippen LogP contribution in [-0.2, 0) is 6.42 Å². The van der Waals surface area contributed by atoms with Crippen molar-refractivity contribution in [1.29, 1.82) is 0 Å². The van der Waals surface area contributed by atoms with E-state index >= 15 is 0 Å². The quantitative estimate of drug-likeness (QED) is 0.263. The van der Waals surface area contributed by atoms with Crippen LogP contribution in [0.1, 0.15) is 18.9 Å². The van der Waals surface area contributed by atoms with Crippen molar-refractivity contribution in [2.75, 3.05) is 12.3 Å². The van der Waals surface area contributed by atoms with E-state index in [1.54, 1.807) is 11.9 Å². The Labute approximate surface area is 171 Å². The van der Waals surface area contributed by atoms with Gasteiger partial charge >= 0.3 is 0 Å². The lowest BCUT2D eigenvalue weighted by molar-refractivity contribution is 0.182. The maximum Gasteiger partial charge on any atom is 0.0591 e. The first kappa shape index (κ1) is 20.3. The molecule has 4 nitrogen and oxygen atoms in total. The van der Waals surface area contributed by atoms with Crippen molar-refractivity contribution in [1.82, 2.24) is 9.79 Å². The highest BCUT2D eigenvalue weighted by Crippen LogP contribution is 2.30. The first-order valence-electron chi connectivity index (χ1n) is 9.43. The summed E-state index contributed by atoms with van der Waals surface area (Å²) in [5.74, 6) is 0. The Bertz CT molecular complexity index is 930. The Morgan fingerprint density at radius 2 is 1.82 bits per heavy atom. The van der Waals surface area contributed by atoms with Crippen LogP contribution in [0.25, 0.3) is 10.8 Å². The van der Waals surface area contributed by atoms with Gasteiger partial charge in [-0.3, -0.25) is 10.7 Å². The van der Waals surface area contributed by atoms with Gasteiger partial charge in [0.1, 0.15) is 0 Å². The second-order valence-electron chi connectivity index (χ2n) is 6.90. The maximum atomic E-state index is 9.29. The Hall–Kier alpha value is -2.47. The Balaban J connectivity index is 1.72. The highest BCUT2D eigenvalue weighted by atomic mass is 32.2. The summed E-state index contributed by atoms with van der Waals surface area (Å²) in [6, 6.07) is 22.8. The fourth-order valence-corrected chi connectivity index (χ4v) is 4.19. The van der Waals surface area contributed by atoms with Crippen LogP contribution in [0, 0.1) is 0 Å². The smallest absolute Gasteiger partial charge is 0.0591 e. The first-order valence-corrected chi connectivity index (χ1v) is 10.2. The van der Waals surface area contributed by atoms with Gasteiger partial charge in [-0.05, 0) is 72.3 Å². The van der Waals surface area contributed by atoms with E-state index in [-0.39, 0.29) is 6.04 Å². The number of aryl methyl sites for hydroxylation is 1. The molecule has 0 aromatic heterocycles. The number of nitrogens with two attached hydrogens (primary N) is 1. The average Bonchev–Trinajstić information content (AvgIpc) is 2.72. The van der Waals surface area contributed by atoms with Crippen LogP contribution in [-0.4, -0.2) is 22.1 Å². The highest BCUT2D eigenvalue weighted by Gasteiger charge is 2.18. The van der Waals surface area contributed by atoms with Crippen LogP contribution in [0.5, 0.6) is 0 Å². The fourth-order valence-electron chi connectivity index (χ4n) is 3.10. The molecule has 0 bridgehead atoms. The Morgan fingerprint density at radius 3 is 2.57 bits per heavy atom. The summed E-state index contributed by atoms with van der Waals surface area (Å²) in [6.07, 6.45) is 2.03. The molecule has 0 heterocycles. The molecule has 4 N–H and O–H groups in total. The zero-order valence-electron chi connectivity index (χ0n) is 16.1. The molecule has 0 radical (unpaired) electrons. The van der Waals surface area contributed by atoms with Crippen LogP contribution in [0.3, 0.4) is 0 Å². The molecule has 146 valence electrons. The molecule has 1 atom stereocenters. The van der Waals surface area contributed by atoms with E-state index in [1.165, 1.54) is 5.56 Å². The lowest BCUT2D eigenvalue weighted by Crippen LogP contribution is -2.33. The monoisotopic (exact) mass is 393 g/mol. The van der Waals surface area contributed by atoms with Gasteiger partial charge in [-0.15, -0.1) is 0 Å². The summed E-state index contributed by atoms with van der Waals surface area (Å²) in [7, 11) is 0. The summed E-state index contributed by atoms with van der Waals surface area (Å²) in [5, 5.41) is 11.6. The third-order valence-electron chi connectivity index (χ3n) is 4.83. The number of nitrogen functional groups attached to an aromatic ring is 1. The first-order chi connectivity index (χ1) is 13.6. The number of fused-ring (bicyclic) bond motifs is 1. The molecule has 28 heavy (non-hydrogen) atoms. The number of nitrogens with one attached hydrogen (secondary N) is 1. The van der Waals surface area contributed by atoms with Gasteiger partial charge in [-0.1, -0.05) is 49.0 Å². The molecule has 0 fully saturated rings. The van der Waals surface area contributed by atoms with Crippen LogP contribution < -0.4 is 11.2 Å². The van der Waals surface area contributed by atoms with E-state index < -0.39 is 0 Å². The molecule has 0 aliphatic heterocycles. The summed E-state index contributed by atoms with van der Waals surface area (Å²) >= 11 is 1.68. The molecule has 0 saturated carbocycles. The van der Waals surface area contributed by atoms with Gasteiger partial charge in [0.05, 0.1) is 6.04 Å². The molecule has 5 heteroatoms. The molecule has 0 aliphatic carbocycles. The minimum atomic E-state index is -0.0205. The van der Waals surface area contributed by atoms with Crippen LogP contribution in [0.15, 0.2) is 83.9 Å². The molecule has 3 aromatic carbocycles. The zero-order valence-corrected chi connectivity index (χ0v) is 17.0. The van der Waals surface area contributed by atoms with Crippen molar-refractivity contribution in [2.24, 2.45) is 0 Å². The van der Waals surface area contributed by atoms with Gasteiger partial charge in [-0.2, -0.15) is 0 Å². The topological polar surface area (TPSA) is 61.5 Å². The largest absolute Gasteiger partial charge is 0.399 e. The van der Waals surface area contributed by atoms with Crippen molar-refractivity contribution in [3.05, 3.63) is 84.6 Å². The number of rotatable bonds is 9. The number of benzene rings is 3. The lowest BCUT2D eigenvalue weighted by Gasteiger charge is -2.29. The molecule has 0 amide bonds. The third kappa shape index (κ3) is 5.29.